The minimum absolute atomic E-state index is 0.574. The summed E-state index contributed by atoms with van der Waals surface area (Å²) in [4.78, 5) is 0. The highest BCUT2D eigenvalue weighted by molar-refractivity contribution is 5.54. The Bertz CT molecular complexity index is 581. The van der Waals surface area contributed by atoms with E-state index in [9.17, 15) is 0 Å². The fraction of sp³-hybridized carbons (Fsp3) is 0.333. The van der Waals surface area contributed by atoms with Crippen LogP contribution in [0.15, 0.2) is 42.5 Å². The van der Waals surface area contributed by atoms with Gasteiger partial charge in [-0.2, -0.15) is 0 Å². The van der Waals surface area contributed by atoms with Crippen molar-refractivity contribution in [1.29, 1.82) is 0 Å². The maximum atomic E-state index is 5.63. The quantitative estimate of drug-likeness (QED) is 0.782. The first kappa shape index (κ1) is 15.4. The van der Waals surface area contributed by atoms with Gasteiger partial charge in [0, 0.05) is 19.3 Å². The second-order valence-corrected chi connectivity index (χ2v) is 5.09. The first-order valence-corrected chi connectivity index (χ1v) is 7.21. The van der Waals surface area contributed by atoms with Gasteiger partial charge in [0.25, 0.3) is 0 Å². The zero-order chi connectivity index (χ0) is 15.1. The summed E-state index contributed by atoms with van der Waals surface area (Å²) < 4.78 is 10.6. The second kappa shape index (κ2) is 7.70. The van der Waals surface area contributed by atoms with Gasteiger partial charge in [-0.25, -0.2) is 0 Å². The molecule has 2 aromatic rings. The van der Waals surface area contributed by atoms with E-state index >= 15 is 0 Å². The van der Waals surface area contributed by atoms with Gasteiger partial charge < -0.3 is 14.8 Å². The highest BCUT2D eigenvalue weighted by atomic mass is 16.5. The lowest BCUT2D eigenvalue weighted by molar-refractivity contribution is 0.146. The summed E-state index contributed by atoms with van der Waals surface area (Å²) in [5, 5.41) is 3.48. The summed E-state index contributed by atoms with van der Waals surface area (Å²) in [6.07, 6.45) is 0. The van der Waals surface area contributed by atoms with Gasteiger partial charge in [-0.3, -0.25) is 0 Å². The van der Waals surface area contributed by atoms with Crippen LogP contribution in [0.2, 0.25) is 0 Å². The molecular weight excluding hydrogens is 262 g/mol. The number of methoxy groups -OCH3 is 1. The van der Waals surface area contributed by atoms with E-state index in [1.54, 1.807) is 7.11 Å². The van der Waals surface area contributed by atoms with Crippen molar-refractivity contribution in [3.8, 4) is 5.75 Å². The van der Waals surface area contributed by atoms with Crippen LogP contribution in [0.4, 0.5) is 5.69 Å². The summed E-state index contributed by atoms with van der Waals surface area (Å²) >= 11 is 0. The number of anilines is 1. The predicted octanol–water partition coefficient (Wildman–Crippen LogP) is 3.94. The molecule has 2 rings (SSSR count). The number of nitrogens with one attached hydrogen (secondary N) is 1. The lowest BCUT2D eigenvalue weighted by Crippen LogP contribution is -2.05. The minimum atomic E-state index is 0.574. The molecule has 0 saturated carbocycles. The standard InChI is InChI=1S/C18H23NO2/c1-14-6-4-9-18(15(14)2)19-13-16-7-5-8-17(12-16)21-11-10-20-3/h4-9,12,19H,10-11,13H2,1-3H3. The fourth-order valence-electron chi connectivity index (χ4n) is 2.13. The molecule has 0 aliphatic rings. The summed E-state index contributed by atoms with van der Waals surface area (Å²) in [6.45, 7) is 6.23. The third kappa shape index (κ3) is 4.50. The van der Waals surface area contributed by atoms with E-state index in [0.29, 0.717) is 13.2 Å². The zero-order valence-corrected chi connectivity index (χ0v) is 13.0. The molecule has 0 amide bonds. The molecule has 0 aliphatic carbocycles. The largest absolute Gasteiger partial charge is 0.491 e. The summed E-state index contributed by atoms with van der Waals surface area (Å²) in [7, 11) is 1.67. The molecule has 1 N–H and O–H groups in total. The summed E-state index contributed by atoms with van der Waals surface area (Å²) in [6, 6.07) is 14.5. The Labute approximate surface area is 126 Å². The van der Waals surface area contributed by atoms with Gasteiger partial charge in [0.1, 0.15) is 12.4 Å². The first-order valence-electron chi connectivity index (χ1n) is 7.21. The van der Waals surface area contributed by atoms with E-state index in [1.165, 1.54) is 22.4 Å². The van der Waals surface area contributed by atoms with Gasteiger partial charge >= 0.3 is 0 Å². The van der Waals surface area contributed by atoms with Crippen molar-refractivity contribution in [2.24, 2.45) is 0 Å². The zero-order valence-electron chi connectivity index (χ0n) is 13.0. The van der Waals surface area contributed by atoms with Crippen LogP contribution in [0.5, 0.6) is 5.75 Å². The lowest BCUT2D eigenvalue weighted by Gasteiger charge is -2.12. The molecule has 21 heavy (non-hydrogen) atoms. The second-order valence-electron chi connectivity index (χ2n) is 5.09. The first-order chi connectivity index (χ1) is 10.2. The van der Waals surface area contributed by atoms with Crippen molar-refractivity contribution in [3.05, 3.63) is 59.2 Å². The normalized spacial score (nSPS) is 10.4. The Morgan fingerprint density at radius 3 is 2.62 bits per heavy atom. The molecule has 0 saturated heterocycles. The molecule has 112 valence electrons. The van der Waals surface area contributed by atoms with Gasteiger partial charge in [0.2, 0.25) is 0 Å². The molecule has 3 nitrogen and oxygen atoms in total. The van der Waals surface area contributed by atoms with Crippen LogP contribution < -0.4 is 10.1 Å². The van der Waals surface area contributed by atoms with Crippen molar-refractivity contribution in [2.45, 2.75) is 20.4 Å². The number of hydrogen-bond donors (Lipinski definition) is 1. The molecule has 0 heterocycles. The highest BCUT2D eigenvalue weighted by Crippen LogP contribution is 2.20. The van der Waals surface area contributed by atoms with Crippen LogP contribution in [0, 0.1) is 13.8 Å². The Morgan fingerprint density at radius 1 is 1.00 bits per heavy atom. The molecule has 0 radical (unpaired) electrons. The average molecular weight is 285 g/mol. The van der Waals surface area contributed by atoms with Crippen LogP contribution in [-0.2, 0) is 11.3 Å². The number of hydrogen-bond acceptors (Lipinski definition) is 3. The Morgan fingerprint density at radius 2 is 1.81 bits per heavy atom. The van der Waals surface area contributed by atoms with E-state index in [-0.39, 0.29) is 0 Å². The smallest absolute Gasteiger partial charge is 0.119 e. The number of benzene rings is 2. The molecule has 3 heteroatoms. The van der Waals surface area contributed by atoms with Crippen molar-refractivity contribution >= 4 is 5.69 Å². The lowest BCUT2D eigenvalue weighted by atomic mass is 10.1. The maximum absolute atomic E-state index is 5.63. The van der Waals surface area contributed by atoms with E-state index in [2.05, 4.69) is 49.5 Å². The van der Waals surface area contributed by atoms with Crippen molar-refractivity contribution in [1.82, 2.24) is 0 Å². The van der Waals surface area contributed by atoms with Gasteiger partial charge in [-0.05, 0) is 48.7 Å². The number of rotatable bonds is 7. The molecule has 0 aliphatic heterocycles. The molecule has 0 atom stereocenters. The van der Waals surface area contributed by atoms with E-state index in [0.717, 1.165) is 12.3 Å². The Hall–Kier alpha value is -2.00. The topological polar surface area (TPSA) is 30.5 Å². The summed E-state index contributed by atoms with van der Waals surface area (Å²) in [5.41, 5.74) is 4.98. The van der Waals surface area contributed by atoms with Crippen molar-refractivity contribution in [2.75, 3.05) is 25.6 Å². The molecular formula is C18H23NO2. The highest BCUT2D eigenvalue weighted by Gasteiger charge is 2.01. The van der Waals surface area contributed by atoms with E-state index in [1.807, 2.05) is 12.1 Å². The molecule has 0 aromatic heterocycles. The maximum Gasteiger partial charge on any atom is 0.119 e. The molecule has 0 spiro atoms. The third-order valence-corrected chi connectivity index (χ3v) is 3.54. The molecule has 0 unspecified atom stereocenters. The summed E-state index contributed by atoms with van der Waals surface area (Å²) in [5.74, 6) is 0.882. The fourth-order valence-corrected chi connectivity index (χ4v) is 2.13. The van der Waals surface area contributed by atoms with Crippen molar-refractivity contribution in [3.63, 3.8) is 0 Å². The Kier molecular flexibility index (Phi) is 5.64. The van der Waals surface area contributed by atoms with Crippen LogP contribution in [0.3, 0.4) is 0 Å². The number of aryl methyl sites for hydroxylation is 1. The third-order valence-electron chi connectivity index (χ3n) is 3.54. The van der Waals surface area contributed by atoms with Crippen LogP contribution in [0.1, 0.15) is 16.7 Å². The minimum Gasteiger partial charge on any atom is -0.491 e. The van der Waals surface area contributed by atoms with E-state index in [4.69, 9.17) is 9.47 Å². The predicted molar refractivity (Wildman–Crippen MR) is 87.1 cm³/mol. The SMILES string of the molecule is COCCOc1cccc(CNc2cccc(C)c2C)c1. The number of ether oxygens (including phenoxy) is 2. The molecule has 0 bridgehead atoms. The van der Waals surface area contributed by atoms with Crippen LogP contribution >= 0.6 is 0 Å². The van der Waals surface area contributed by atoms with Gasteiger partial charge in [-0.1, -0.05) is 24.3 Å². The van der Waals surface area contributed by atoms with Gasteiger partial charge in [0.15, 0.2) is 0 Å². The van der Waals surface area contributed by atoms with E-state index < -0.39 is 0 Å². The molecule has 2 aromatic carbocycles. The Balaban J connectivity index is 1.96. The van der Waals surface area contributed by atoms with Gasteiger partial charge in [-0.15, -0.1) is 0 Å². The van der Waals surface area contributed by atoms with Gasteiger partial charge in [0.05, 0.1) is 6.61 Å². The van der Waals surface area contributed by atoms with Crippen LogP contribution in [-0.4, -0.2) is 20.3 Å². The van der Waals surface area contributed by atoms with Crippen LogP contribution in [0.25, 0.3) is 0 Å². The average Bonchev–Trinajstić information content (AvgIpc) is 2.50. The molecule has 0 fully saturated rings. The van der Waals surface area contributed by atoms with Crippen molar-refractivity contribution < 1.29 is 9.47 Å². The monoisotopic (exact) mass is 285 g/mol.